The Morgan fingerprint density at radius 1 is 0.905 bits per heavy atom. The zero-order valence-electron chi connectivity index (χ0n) is 12.8. The predicted octanol–water partition coefficient (Wildman–Crippen LogP) is 4.60. The Kier molecular flexibility index (Phi) is 3.97. The van der Waals surface area contributed by atoms with Crippen molar-refractivity contribution in [3.8, 4) is 11.8 Å². The van der Waals surface area contributed by atoms with Crippen molar-refractivity contribution in [3.63, 3.8) is 0 Å². The van der Waals surface area contributed by atoms with Crippen LogP contribution in [0.5, 0.6) is 0 Å². The summed E-state index contributed by atoms with van der Waals surface area (Å²) in [7, 11) is 0. The largest absolute Gasteiger partial charge is 0.363 e. The molecule has 0 radical (unpaired) electrons. The zero-order chi connectivity index (χ0) is 14.7. The molecule has 0 amide bonds. The predicted molar refractivity (Wildman–Crippen MR) is 89.4 cm³/mol. The van der Waals surface area contributed by atoms with E-state index in [4.69, 9.17) is 0 Å². The molecule has 0 saturated carbocycles. The molecule has 2 aromatic rings. The number of para-hydroxylation sites is 1. The van der Waals surface area contributed by atoms with E-state index in [-0.39, 0.29) is 0 Å². The zero-order valence-corrected chi connectivity index (χ0v) is 12.8. The fourth-order valence-corrected chi connectivity index (χ4v) is 3.07. The molecular formula is C20H21N. The monoisotopic (exact) mass is 275 g/mol. The summed E-state index contributed by atoms with van der Waals surface area (Å²) in [5.74, 6) is 6.70. The molecule has 0 atom stereocenters. The van der Waals surface area contributed by atoms with Gasteiger partial charge in [-0.1, -0.05) is 56.0 Å². The van der Waals surface area contributed by atoms with Gasteiger partial charge in [-0.15, -0.1) is 0 Å². The lowest BCUT2D eigenvalue weighted by Gasteiger charge is -2.34. The molecule has 0 N–H and O–H groups in total. The van der Waals surface area contributed by atoms with E-state index >= 15 is 0 Å². The lowest BCUT2D eigenvalue weighted by Crippen LogP contribution is -2.35. The maximum Gasteiger partial charge on any atom is 0.0530 e. The van der Waals surface area contributed by atoms with Gasteiger partial charge < -0.3 is 4.90 Å². The van der Waals surface area contributed by atoms with Crippen molar-refractivity contribution in [2.24, 2.45) is 0 Å². The maximum absolute atomic E-state index is 3.36. The molecule has 2 aromatic carbocycles. The Morgan fingerprint density at radius 2 is 1.52 bits per heavy atom. The van der Waals surface area contributed by atoms with Gasteiger partial charge in [0.25, 0.3) is 0 Å². The minimum atomic E-state index is 0.555. The Balaban J connectivity index is 2.16. The van der Waals surface area contributed by atoms with Gasteiger partial charge in [-0.2, -0.15) is 0 Å². The number of benzene rings is 2. The third-order valence-corrected chi connectivity index (χ3v) is 4.29. The fourth-order valence-electron chi connectivity index (χ4n) is 3.07. The number of nitrogens with zero attached hydrogens (tertiary/aromatic N) is 1. The number of hydrogen-bond donors (Lipinski definition) is 0. The van der Waals surface area contributed by atoms with Crippen molar-refractivity contribution >= 4 is 5.69 Å². The van der Waals surface area contributed by atoms with Crippen molar-refractivity contribution in [2.45, 2.75) is 39.3 Å². The molecule has 0 bridgehead atoms. The van der Waals surface area contributed by atoms with E-state index < -0.39 is 0 Å². The molecule has 1 aliphatic rings. The molecule has 0 aromatic heterocycles. The minimum absolute atomic E-state index is 0.555. The van der Waals surface area contributed by atoms with Crippen molar-refractivity contribution in [3.05, 3.63) is 65.2 Å². The van der Waals surface area contributed by atoms with Crippen LogP contribution in [0, 0.1) is 11.8 Å². The Labute approximate surface area is 127 Å². The molecule has 0 aliphatic carbocycles. The van der Waals surface area contributed by atoms with Gasteiger partial charge in [0, 0.05) is 23.7 Å². The van der Waals surface area contributed by atoms with Crippen LogP contribution in [-0.2, 0) is 6.54 Å². The molecule has 0 spiro atoms. The first-order chi connectivity index (χ1) is 10.3. The standard InChI is InChI=1S/C20H21N/c1-3-19(4-2)21-15-18-11-6-5-9-16(18)13-14-17-10-7-8-12-20(17)21/h5-12,19H,3-4,15H2,1-2H3. The van der Waals surface area contributed by atoms with Crippen LogP contribution in [0.25, 0.3) is 0 Å². The van der Waals surface area contributed by atoms with Crippen LogP contribution in [0.2, 0.25) is 0 Å². The van der Waals surface area contributed by atoms with Crippen molar-refractivity contribution in [2.75, 3.05) is 4.90 Å². The number of rotatable bonds is 3. The summed E-state index contributed by atoms with van der Waals surface area (Å²) in [4.78, 5) is 2.53. The highest BCUT2D eigenvalue weighted by Gasteiger charge is 2.20. The molecule has 1 nitrogen and oxygen atoms in total. The van der Waals surface area contributed by atoms with Gasteiger partial charge in [-0.25, -0.2) is 0 Å². The van der Waals surface area contributed by atoms with Crippen LogP contribution in [0.15, 0.2) is 48.5 Å². The lowest BCUT2D eigenvalue weighted by atomic mass is 10.00. The van der Waals surface area contributed by atoms with Crippen molar-refractivity contribution in [1.29, 1.82) is 0 Å². The quantitative estimate of drug-likeness (QED) is 0.740. The summed E-state index contributed by atoms with van der Waals surface area (Å²) in [6, 6.07) is 17.6. The van der Waals surface area contributed by atoms with Gasteiger partial charge in [0.2, 0.25) is 0 Å². The number of hydrogen-bond acceptors (Lipinski definition) is 1. The van der Waals surface area contributed by atoms with Crippen LogP contribution in [0.4, 0.5) is 5.69 Å². The highest BCUT2D eigenvalue weighted by Crippen LogP contribution is 2.28. The van der Waals surface area contributed by atoms with Gasteiger partial charge in [0.1, 0.15) is 0 Å². The first-order valence-electron chi connectivity index (χ1n) is 7.79. The van der Waals surface area contributed by atoms with E-state index in [0.717, 1.165) is 30.5 Å². The fraction of sp³-hybridized carbons (Fsp3) is 0.300. The number of anilines is 1. The summed E-state index contributed by atoms with van der Waals surface area (Å²) in [6.45, 7) is 5.48. The Morgan fingerprint density at radius 3 is 2.29 bits per heavy atom. The molecule has 21 heavy (non-hydrogen) atoms. The Hall–Kier alpha value is -2.20. The van der Waals surface area contributed by atoms with Crippen LogP contribution >= 0.6 is 0 Å². The van der Waals surface area contributed by atoms with Crippen LogP contribution in [-0.4, -0.2) is 6.04 Å². The summed E-state index contributed by atoms with van der Waals surface area (Å²) in [6.07, 6.45) is 2.31. The second kappa shape index (κ2) is 6.06. The normalized spacial score (nSPS) is 12.8. The second-order valence-corrected chi connectivity index (χ2v) is 5.52. The highest BCUT2D eigenvalue weighted by molar-refractivity contribution is 5.64. The SMILES string of the molecule is CCC(CC)N1Cc2ccccc2C#Cc2ccccc21. The molecule has 1 heterocycles. The molecule has 0 saturated heterocycles. The van der Waals surface area contributed by atoms with E-state index in [1.807, 2.05) is 0 Å². The van der Waals surface area contributed by atoms with Gasteiger partial charge >= 0.3 is 0 Å². The third kappa shape index (κ3) is 2.67. The first-order valence-corrected chi connectivity index (χ1v) is 7.79. The van der Waals surface area contributed by atoms with E-state index in [1.54, 1.807) is 0 Å². The van der Waals surface area contributed by atoms with Gasteiger partial charge in [0.05, 0.1) is 5.69 Å². The summed E-state index contributed by atoms with van der Waals surface area (Å²) in [5, 5.41) is 0. The van der Waals surface area contributed by atoms with Crippen molar-refractivity contribution in [1.82, 2.24) is 0 Å². The minimum Gasteiger partial charge on any atom is -0.363 e. The first kappa shape index (κ1) is 13.8. The summed E-state index contributed by atoms with van der Waals surface area (Å²) in [5.41, 5.74) is 4.89. The maximum atomic E-state index is 3.36. The van der Waals surface area contributed by atoms with E-state index in [9.17, 15) is 0 Å². The highest BCUT2D eigenvalue weighted by atomic mass is 15.2. The van der Waals surface area contributed by atoms with E-state index in [0.29, 0.717) is 6.04 Å². The van der Waals surface area contributed by atoms with Crippen LogP contribution in [0.1, 0.15) is 43.4 Å². The average molecular weight is 275 g/mol. The molecule has 0 fully saturated rings. The van der Waals surface area contributed by atoms with Gasteiger partial charge in [-0.3, -0.25) is 0 Å². The van der Waals surface area contributed by atoms with E-state index in [1.165, 1.54) is 11.3 Å². The molecule has 106 valence electrons. The van der Waals surface area contributed by atoms with Gasteiger partial charge in [-0.05, 0) is 36.6 Å². The molecule has 3 rings (SSSR count). The average Bonchev–Trinajstić information content (AvgIpc) is 2.52. The van der Waals surface area contributed by atoms with E-state index in [2.05, 4.69) is 79.1 Å². The Bertz CT molecular complexity index is 686. The number of fused-ring (bicyclic) bond motifs is 2. The smallest absolute Gasteiger partial charge is 0.0530 e. The molecular weight excluding hydrogens is 254 g/mol. The third-order valence-electron chi connectivity index (χ3n) is 4.29. The summed E-state index contributed by atoms with van der Waals surface area (Å²) >= 11 is 0. The van der Waals surface area contributed by atoms with Crippen LogP contribution in [0.3, 0.4) is 0 Å². The topological polar surface area (TPSA) is 3.24 Å². The van der Waals surface area contributed by atoms with Gasteiger partial charge in [0.15, 0.2) is 0 Å². The van der Waals surface area contributed by atoms with Crippen LogP contribution < -0.4 is 4.90 Å². The molecule has 1 heteroatoms. The second-order valence-electron chi connectivity index (χ2n) is 5.52. The molecule has 1 aliphatic heterocycles. The molecule has 0 unspecified atom stereocenters. The summed E-state index contributed by atoms with van der Waals surface area (Å²) < 4.78 is 0. The lowest BCUT2D eigenvalue weighted by molar-refractivity contribution is 0.554. The van der Waals surface area contributed by atoms with Crippen molar-refractivity contribution < 1.29 is 0 Å².